The quantitative estimate of drug-likeness (QED) is 0.589. The molecule has 0 amide bonds. The second-order valence-corrected chi connectivity index (χ2v) is 6.01. The SMILES string of the molecule is CNCCCn1c(=O)c2c(CC(=O)O)[nH]nc2c2cc(Cl)ccc21. The molecule has 0 atom stereocenters. The van der Waals surface area contributed by atoms with E-state index in [9.17, 15) is 9.59 Å². The summed E-state index contributed by atoms with van der Waals surface area (Å²) >= 11 is 6.10. The molecule has 2 heterocycles. The number of pyridine rings is 1. The molecular formula is C16H17ClN4O3. The van der Waals surface area contributed by atoms with Gasteiger partial charge in [-0.25, -0.2) is 0 Å². The largest absolute Gasteiger partial charge is 0.481 e. The number of halogens is 1. The normalized spacial score (nSPS) is 11.4. The summed E-state index contributed by atoms with van der Waals surface area (Å²) in [5.74, 6) is -1.02. The number of aromatic amines is 1. The first-order valence-corrected chi connectivity index (χ1v) is 7.96. The molecule has 0 saturated heterocycles. The highest BCUT2D eigenvalue weighted by Gasteiger charge is 2.18. The minimum Gasteiger partial charge on any atom is -0.481 e. The summed E-state index contributed by atoms with van der Waals surface area (Å²) in [4.78, 5) is 24.0. The molecule has 7 nitrogen and oxygen atoms in total. The van der Waals surface area contributed by atoms with Crippen LogP contribution in [0.4, 0.5) is 0 Å². The summed E-state index contributed by atoms with van der Waals surface area (Å²) in [5, 5.41) is 20.5. The van der Waals surface area contributed by atoms with Gasteiger partial charge in [-0.1, -0.05) is 11.6 Å². The van der Waals surface area contributed by atoms with E-state index in [0.29, 0.717) is 28.2 Å². The van der Waals surface area contributed by atoms with Crippen LogP contribution in [-0.4, -0.2) is 39.4 Å². The van der Waals surface area contributed by atoms with Crippen molar-refractivity contribution in [2.45, 2.75) is 19.4 Å². The number of H-pyrrole nitrogens is 1. The fraction of sp³-hybridized carbons (Fsp3) is 0.312. The highest BCUT2D eigenvalue weighted by Crippen LogP contribution is 2.26. The van der Waals surface area contributed by atoms with Gasteiger partial charge in [0.15, 0.2) is 0 Å². The van der Waals surface area contributed by atoms with Gasteiger partial charge >= 0.3 is 5.97 Å². The van der Waals surface area contributed by atoms with Crippen molar-refractivity contribution in [1.29, 1.82) is 0 Å². The van der Waals surface area contributed by atoms with E-state index in [1.807, 2.05) is 7.05 Å². The average molecular weight is 349 g/mol. The van der Waals surface area contributed by atoms with E-state index in [0.717, 1.165) is 23.9 Å². The van der Waals surface area contributed by atoms with Crippen LogP contribution in [-0.2, 0) is 17.8 Å². The van der Waals surface area contributed by atoms with Crippen LogP contribution in [0.25, 0.3) is 21.8 Å². The van der Waals surface area contributed by atoms with E-state index in [4.69, 9.17) is 16.7 Å². The summed E-state index contributed by atoms with van der Waals surface area (Å²) in [5.41, 5.74) is 1.27. The number of nitrogens with zero attached hydrogens (tertiary/aromatic N) is 2. The number of aromatic nitrogens is 3. The predicted molar refractivity (Wildman–Crippen MR) is 92.8 cm³/mol. The molecule has 0 saturated carbocycles. The fourth-order valence-corrected chi connectivity index (χ4v) is 3.07. The first-order valence-electron chi connectivity index (χ1n) is 7.58. The van der Waals surface area contributed by atoms with Gasteiger partial charge in [0, 0.05) is 17.0 Å². The van der Waals surface area contributed by atoms with Crippen LogP contribution in [0.5, 0.6) is 0 Å². The Hall–Kier alpha value is -2.38. The van der Waals surface area contributed by atoms with E-state index in [1.54, 1.807) is 22.8 Å². The zero-order valence-electron chi connectivity index (χ0n) is 13.1. The van der Waals surface area contributed by atoms with Crippen molar-refractivity contribution < 1.29 is 9.90 Å². The number of aliphatic carboxylic acids is 1. The standard InChI is InChI=1S/C16H17ClN4O3/c1-18-5-2-6-21-12-4-3-9(17)7-10(12)15-14(16(21)24)11(19-20-15)8-13(22)23/h3-4,7,18H,2,5-6,8H2,1H3,(H,19,20)(H,22,23). The van der Waals surface area contributed by atoms with Crippen molar-refractivity contribution >= 4 is 39.4 Å². The summed E-state index contributed by atoms with van der Waals surface area (Å²) < 4.78 is 1.66. The Morgan fingerprint density at radius 3 is 2.96 bits per heavy atom. The molecule has 0 spiro atoms. The van der Waals surface area contributed by atoms with Crippen LogP contribution in [0.1, 0.15) is 12.1 Å². The molecule has 3 aromatic rings. The molecule has 2 aromatic heterocycles. The van der Waals surface area contributed by atoms with Gasteiger partial charge in [-0.15, -0.1) is 0 Å². The van der Waals surface area contributed by atoms with Crippen molar-refractivity contribution in [3.05, 3.63) is 39.3 Å². The van der Waals surface area contributed by atoms with Gasteiger partial charge in [-0.2, -0.15) is 5.10 Å². The molecule has 0 radical (unpaired) electrons. The maximum Gasteiger partial charge on any atom is 0.309 e. The third-order valence-electron chi connectivity index (χ3n) is 3.94. The molecule has 0 unspecified atom stereocenters. The number of fused-ring (bicyclic) bond motifs is 3. The lowest BCUT2D eigenvalue weighted by atomic mass is 10.1. The minimum atomic E-state index is -1.02. The molecule has 8 heteroatoms. The molecule has 1 aromatic carbocycles. The van der Waals surface area contributed by atoms with Crippen LogP contribution in [0, 0.1) is 0 Å². The van der Waals surface area contributed by atoms with Crippen molar-refractivity contribution in [1.82, 2.24) is 20.1 Å². The Bertz CT molecular complexity index is 977. The Labute approximate surface area is 142 Å². The Morgan fingerprint density at radius 2 is 2.25 bits per heavy atom. The highest BCUT2D eigenvalue weighted by molar-refractivity contribution is 6.31. The summed E-state index contributed by atoms with van der Waals surface area (Å²) in [6, 6.07) is 5.27. The number of hydrogen-bond acceptors (Lipinski definition) is 4. The van der Waals surface area contributed by atoms with Crippen molar-refractivity contribution in [3.8, 4) is 0 Å². The van der Waals surface area contributed by atoms with Crippen molar-refractivity contribution in [2.24, 2.45) is 0 Å². The van der Waals surface area contributed by atoms with E-state index < -0.39 is 5.97 Å². The maximum absolute atomic E-state index is 12.9. The molecule has 0 aliphatic heterocycles. The molecule has 24 heavy (non-hydrogen) atoms. The maximum atomic E-state index is 12.9. The minimum absolute atomic E-state index is 0.235. The number of hydrogen-bond donors (Lipinski definition) is 3. The van der Waals surface area contributed by atoms with Gasteiger partial charge in [0.05, 0.1) is 23.0 Å². The number of benzene rings is 1. The second-order valence-electron chi connectivity index (χ2n) is 5.57. The van der Waals surface area contributed by atoms with E-state index in [-0.39, 0.29) is 12.0 Å². The summed E-state index contributed by atoms with van der Waals surface area (Å²) in [6.07, 6.45) is 0.486. The van der Waals surface area contributed by atoms with E-state index in [1.165, 1.54) is 0 Å². The van der Waals surface area contributed by atoms with E-state index >= 15 is 0 Å². The molecular weight excluding hydrogens is 332 g/mol. The summed E-state index contributed by atoms with van der Waals surface area (Å²) in [6.45, 7) is 1.29. The summed E-state index contributed by atoms with van der Waals surface area (Å²) in [7, 11) is 1.85. The lowest BCUT2D eigenvalue weighted by molar-refractivity contribution is -0.136. The number of carboxylic acids is 1. The van der Waals surface area contributed by atoms with Gasteiger partial charge in [-0.3, -0.25) is 14.7 Å². The third-order valence-corrected chi connectivity index (χ3v) is 4.18. The van der Waals surface area contributed by atoms with Crippen LogP contribution >= 0.6 is 11.6 Å². The molecule has 0 aliphatic rings. The second kappa shape index (κ2) is 6.62. The van der Waals surface area contributed by atoms with E-state index in [2.05, 4.69) is 15.5 Å². The van der Waals surface area contributed by atoms with Crippen LogP contribution in [0.2, 0.25) is 5.02 Å². The number of carbonyl (C=O) groups is 1. The average Bonchev–Trinajstić information content (AvgIpc) is 2.94. The fourth-order valence-electron chi connectivity index (χ4n) is 2.90. The monoisotopic (exact) mass is 348 g/mol. The Morgan fingerprint density at radius 1 is 1.46 bits per heavy atom. The lowest BCUT2D eigenvalue weighted by Gasteiger charge is -2.11. The number of rotatable bonds is 6. The van der Waals surface area contributed by atoms with Gasteiger partial charge in [0.2, 0.25) is 0 Å². The first kappa shape index (κ1) is 16.5. The lowest BCUT2D eigenvalue weighted by Crippen LogP contribution is -2.23. The molecule has 0 bridgehead atoms. The molecule has 0 fully saturated rings. The number of carboxylic acid groups (broad SMARTS) is 1. The van der Waals surface area contributed by atoms with Crippen LogP contribution < -0.4 is 10.9 Å². The van der Waals surface area contributed by atoms with Crippen molar-refractivity contribution in [3.63, 3.8) is 0 Å². The Balaban J connectivity index is 2.31. The molecule has 3 rings (SSSR count). The predicted octanol–water partition coefficient (Wildman–Crippen LogP) is 1.77. The third kappa shape index (κ3) is 2.88. The molecule has 3 N–H and O–H groups in total. The first-order chi connectivity index (χ1) is 11.5. The van der Waals surface area contributed by atoms with Crippen molar-refractivity contribution in [2.75, 3.05) is 13.6 Å². The van der Waals surface area contributed by atoms with Gasteiger partial charge in [0.25, 0.3) is 5.56 Å². The van der Waals surface area contributed by atoms with Gasteiger partial charge < -0.3 is 15.0 Å². The number of aryl methyl sites for hydroxylation is 1. The zero-order chi connectivity index (χ0) is 17.3. The van der Waals surface area contributed by atoms with Gasteiger partial charge in [-0.05, 0) is 38.2 Å². The van der Waals surface area contributed by atoms with Gasteiger partial charge in [0.1, 0.15) is 5.52 Å². The smallest absolute Gasteiger partial charge is 0.309 e. The molecule has 126 valence electrons. The molecule has 0 aliphatic carbocycles. The topological polar surface area (TPSA) is 100 Å². The van der Waals surface area contributed by atoms with Crippen LogP contribution in [0.3, 0.4) is 0 Å². The van der Waals surface area contributed by atoms with Crippen LogP contribution in [0.15, 0.2) is 23.0 Å². The zero-order valence-corrected chi connectivity index (χ0v) is 13.9. The highest BCUT2D eigenvalue weighted by atomic mass is 35.5. The Kier molecular flexibility index (Phi) is 4.55. The number of nitrogens with one attached hydrogen (secondary N) is 2.